The number of carbonyl (C=O) groups excluding carboxylic acids is 1. The van der Waals surface area contributed by atoms with Crippen molar-refractivity contribution in [1.29, 1.82) is 0 Å². The highest BCUT2D eigenvalue weighted by Crippen LogP contribution is 2.31. The molecule has 0 aliphatic carbocycles. The third-order valence-corrected chi connectivity index (χ3v) is 4.64. The Balaban J connectivity index is 2.32. The quantitative estimate of drug-likeness (QED) is 0.559. The van der Waals surface area contributed by atoms with E-state index in [0.717, 1.165) is 5.56 Å². The minimum Gasteiger partial charge on any atom is -0.493 e. The van der Waals surface area contributed by atoms with Crippen molar-refractivity contribution in [2.45, 2.75) is 19.1 Å². The van der Waals surface area contributed by atoms with E-state index in [4.69, 9.17) is 14.2 Å². The van der Waals surface area contributed by atoms with E-state index in [-0.39, 0.29) is 18.1 Å². The first kappa shape index (κ1) is 19.8. The standard InChI is InChI=1S/C21H28NO4/c1-15(22(2,3)4)20(16-10-8-7-9-11-16)26-21(23)17-12-13-18(24-5)19(14-17)25-6/h7-15,20H,1-6H3/q+1. The molecule has 0 aliphatic heterocycles. The van der Waals surface area contributed by atoms with Crippen LogP contribution in [0.2, 0.25) is 0 Å². The van der Waals surface area contributed by atoms with Crippen molar-refractivity contribution < 1.29 is 23.5 Å². The third kappa shape index (κ3) is 4.55. The van der Waals surface area contributed by atoms with E-state index < -0.39 is 0 Å². The van der Waals surface area contributed by atoms with Gasteiger partial charge in [-0.3, -0.25) is 0 Å². The van der Waals surface area contributed by atoms with Crippen molar-refractivity contribution in [2.24, 2.45) is 0 Å². The second-order valence-electron chi connectivity index (χ2n) is 7.16. The van der Waals surface area contributed by atoms with E-state index in [2.05, 4.69) is 28.1 Å². The molecule has 26 heavy (non-hydrogen) atoms. The molecule has 0 aromatic heterocycles. The predicted octanol–water partition coefficient (Wildman–Crippen LogP) is 3.70. The van der Waals surface area contributed by atoms with Crippen molar-refractivity contribution >= 4 is 5.97 Å². The van der Waals surface area contributed by atoms with Crippen molar-refractivity contribution in [2.75, 3.05) is 35.4 Å². The number of ether oxygens (including phenoxy) is 3. The lowest BCUT2D eigenvalue weighted by atomic mass is 10.0. The molecule has 5 nitrogen and oxygen atoms in total. The van der Waals surface area contributed by atoms with Gasteiger partial charge >= 0.3 is 5.97 Å². The van der Waals surface area contributed by atoms with E-state index in [0.29, 0.717) is 21.5 Å². The summed E-state index contributed by atoms with van der Waals surface area (Å²) in [6.07, 6.45) is -0.364. The molecule has 0 fully saturated rings. The highest BCUT2D eigenvalue weighted by Gasteiger charge is 2.33. The molecule has 0 saturated carbocycles. The van der Waals surface area contributed by atoms with Gasteiger partial charge in [0.2, 0.25) is 0 Å². The molecule has 2 aromatic rings. The van der Waals surface area contributed by atoms with Crippen LogP contribution in [-0.4, -0.2) is 51.9 Å². The van der Waals surface area contributed by atoms with Crippen LogP contribution in [0.1, 0.15) is 28.9 Å². The van der Waals surface area contributed by atoms with Gasteiger partial charge in [-0.25, -0.2) is 4.79 Å². The molecule has 2 atom stereocenters. The Morgan fingerprint density at radius 3 is 2.08 bits per heavy atom. The average Bonchev–Trinajstić information content (AvgIpc) is 2.64. The van der Waals surface area contributed by atoms with Gasteiger partial charge in [0.05, 0.1) is 40.9 Å². The number of hydrogen-bond acceptors (Lipinski definition) is 4. The second kappa shape index (κ2) is 8.23. The summed E-state index contributed by atoms with van der Waals surface area (Å²) in [6, 6.07) is 14.9. The number of nitrogens with zero attached hydrogens (tertiary/aromatic N) is 1. The minimum absolute atomic E-state index is 0.0708. The minimum atomic E-state index is -0.389. The number of benzene rings is 2. The van der Waals surface area contributed by atoms with Crippen LogP contribution in [0.25, 0.3) is 0 Å². The smallest absolute Gasteiger partial charge is 0.339 e. The van der Waals surface area contributed by atoms with Gasteiger partial charge in [0.1, 0.15) is 6.04 Å². The average molecular weight is 358 g/mol. The van der Waals surface area contributed by atoms with Gasteiger partial charge in [-0.15, -0.1) is 0 Å². The Kier molecular flexibility index (Phi) is 6.27. The lowest BCUT2D eigenvalue weighted by Crippen LogP contribution is -2.47. The molecule has 0 saturated heterocycles. The van der Waals surface area contributed by atoms with Crippen LogP contribution in [0, 0.1) is 0 Å². The zero-order valence-corrected chi connectivity index (χ0v) is 16.4. The molecule has 0 heterocycles. The fourth-order valence-electron chi connectivity index (χ4n) is 2.64. The second-order valence-corrected chi connectivity index (χ2v) is 7.16. The van der Waals surface area contributed by atoms with E-state index in [9.17, 15) is 4.79 Å². The SMILES string of the molecule is COc1ccc(C(=O)OC(c2ccccc2)C(C)[N+](C)(C)C)cc1OC. The fourth-order valence-corrected chi connectivity index (χ4v) is 2.64. The Morgan fingerprint density at radius 1 is 0.923 bits per heavy atom. The lowest BCUT2D eigenvalue weighted by molar-refractivity contribution is -0.898. The summed E-state index contributed by atoms with van der Waals surface area (Å²) in [6.45, 7) is 2.08. The Labute approximate surface area is 155 Å². The zero-order valence-electron chi connectivity index (χ0n) is 16.4. The number of rotatable bonds is 7. The van der Waals surface area contributed by atoms with Gasteiger partial charge in [0.15, 0.2) is 17.6 Å². The van der Waals surface area contributed by atoms with Crippen LogP contribution in [-0.2, 0) is 4.74 Å². The predicted molar refractivity (Wildman–Crippen MR) is 102 cm³/mol. The maximum Gasteiger partial charge on any atom is 0.339 e. The Morgan fingerprint density at radius 2 is 1.54 bits per heavy atom. The molecule has 0 N–H and O–H groups in total. The highest BCUT2D eigenvalue weighted by atomic mass is 16.5. The molecule has 2 unspecified atom stereocenters. The number of esters is 1. The first-order valence-corrected chi connectivity index (χ1v) is 8.57. The Bertz CT molecular complexity index is 737. The van der Waals surface area contributed by atoms with Crippen LogP contribution >= 0.6 is 0 Å². The summed E-state index contributed by atoms with van der Waals surface area (Å²) in [7, 11) is 9.36. The molecule has 140 valence electrons. The van der Waals surface area contributed by atoms with E-state index in [1.54, 1.807) is 32.4 Å². The molecular weight excluding hydrogens is 330 g/mol. The van der Waals surface area contributed by atoms with E-state index in [1.807, 2.05) is 30.3 Å². The first-order chi connectivity index (χ1) is 12.3. The summed E-state index contributed by atoms with van der Waals surface area (Å²) in [4.78, 5) is 12.8. The number of methoxy groups -OCH3 is 2. The van der Waals surface area contributed by atoms with Crippen molar-refractivity contribution in [3.63, 3.8) is 0 Å². The topological polar surface area (TPSA) is 44.8 Å². The van der Waals surface area contributed by atoms with Gasteiger partial charge in [-0.2, -0.15) is 0 Å². The van der Waals surface area contributed by atoms with Crippen LogP contribution in [0.15, 0.2) is 48.5 Å². The zero-order chi connectivity index (χ0) is 19.3. The largest absolute Gasteiger partial charge is 0.493 e. The van der Waals surface area contributed by atoms with Crippen LogP contribution in [0.4, 0.5) is 0 Å². The van der Waals surface area contributed by atoms with Gasteiger partial charge in [0, 0.05) is 0 Å². The van der Waals surface area contributed by atoms with Crippen LogP contribution in [0.5, 0.6) is 11.5 Å². The summed E-state index contributed by atoms with van der Waals surface area (Å²) in [5.74, 6) is 0.682. The van der Waals surface area contributed by atoms with Gasteiger partial charge in [-0.1, -0.05) is 30.3 Å². The maximum atomic E-state index is 12.8. The normalized spacial score (nSPS) is 13.6. The van der Waals surface area contributed by atoms with Gasteiger partial charge in [0.25, 0.3) is 0 Å². The van der Waals surface area contributed by atoms with Crippen molar-refractivity contribution in [3.05, 3.63) is 59.7 Å². The summed E-state index contributed by atoms with van der Waals surface area (Å²) < 4.78 is 17.1. The molecule has 0 amide bonds. The van der Waals surface area contributed by atoms with E-state index >= 15 is 0 Å². The first-order valence-electron chi connectivity index (χ1n) is 8.57. The fraction of sp³-hybridized carbons (Fsp3) is 0.381. The van der Waals surface area contributed by atoms with Gasteiger partial charge in [-0.05, 0) is 30.7 Å². The van der Waals surface area contributed by atoms with Gasteiger partial charge < -0.3 is 18.7 Å². The van der Waals surface area contributed by atoms with Crippen molar-refractivity contribution in [3.8, 4) is 11.5 Å². The molecule has 0 spiro atoms. The molecule has 2 rings (SSSR count). The van der Waals surface area contributed by atoms with Crippen LogP contribution in [0.3, 0.4) is 0 Å². The molecular formula is C21H28NO4+. The van der Waals surface area contributed by atoms with Crippen molar-refractivity contribution in [1.82, 2.24) is 0 Å². The summed E-state index contributed by atoms with van der Waals surface area (Å²) >= 11 is 0. The lowest BCUT2D eigenvalue weighted by Gasteiger charge is -2.36. The monoisotopic (exact) mass is 358 g/mol. The molecule has 5 heteroatoms. The molecule has 2 aromatic carbocycles. The number of carbonyl (C=O) groups is 1. The van der Waals surface area contributed by atoms with E-state index in [1.165, 1.54) is 0 Å². The Hall–Kier alpha value is -2.53. The third-order valence-electron chi connectivity index (χ3n) is 4.64. The summed E-state index contributed by atoms with van der Waals surface area (Å²) in [5.41, 5.74) is 1.40. The van der Waals surface area contributed by atoms with Crippen LogP contribution < -0.4 is 9.47 Å². The molecule has 0 bridgehead atoms. The summed E-state index contributed by atoms with van der Waals surface area (Å²) in [5, 5.41) is 0. The number of likely N-dealkylation sites (N-methyl/N-ethyl adjacent to an activating group) is 1. The highest BCUT2D eigenvalue weighted by molar-refractivity contribution is 5.90. The maximum absolute atomic E-state index is 12.8. The molecule has 0 aliphatic rings. The molecule has 0 radical (unpaired) electrons. The number of hydrogen-bond donors (Lipinski definition) is 0. The number of quaternary nitrogens is 1.